The summed E-state index contributed by atoms with van der Waals surface area (Å²) in [5.74, 6) is 0.646. The number of aryl methyl sites for hydroxylation is 1. The van der Waals surface area contributed by atoms with Crippen LogP contribution in [0.15, 0.2) is 45.7 Å². The average molecular weight is 399 g/mol. The lowest BCUT2D eigenvalue weighted by Crippen LogP contribution is -2.38. The van der Waals surface area contributed by atoms with E-state index in [0.717, 1.165) is 24.2 Å². The quantitative estimate of drug-likeness (QED) is 0.729. The highest BCUT2D eigenvalue weighted by molar-refractivity contribution is 6.30. The van der Waals surface area contributed by atoms with Crippen molar-refractivity contribution in [2.75, 3.05) is 13.1 Å². The third-order valence-electron chi connectivity index (χ3n) is 4.99. The molecule has 4 rings (SSSR count). The number of amides is 1. The van der Waals surface area contributed by atoms with Gasteiger partial charge in [-0.3, -0.25) is 9.59 Å². The van der Waals surface area contributed by atoms with Crippen LogP contribution in [0.1, 0.15) is 40.5 Å². The Hall–Kier alpha value is -2.93. The summed E-state index contributed by atoms with van der Waals surface area (Å²) in [7, 11) is 0. The van der Waals surface area contributed by atoms with Crippen molar-refractivity contribution in [1.29, 1.82) is 0 Å². The van der Waals surface area contributed by atoms with E-state index in [-0.39, 0.29) is 17.4 Å². The molecule has 1 fully saturated rings. The minimum atomic E-state index is -0.289. The fourth-order valence-electron chi connectivity index (χ4n) is 3.54. The van der Waals surface area contributed by atoms with Gasteiger partial charge in [-0.05, 0) is 44.0 Å². The van der Waals surface area contributed by atoms with Crippen molar-refractivity contribution < 1.29 is 9.32 Å². The van der Waals surface area contributed by atoms with Gasteiger partial charge in [0.05, 0.1) is 11.4 Å². The molecule has 0 saturated carbocycles. The summed E-state index contributed by atoms with van der Waals surface area (Å²) in [6, 6.07) is 10.2. The minimum absolute atomic E-state index is 0.00405. The van der Waals surface area contributed by atoms with Crippen molar-refractivity contribution in [2.24, 2.45) is 0 Å². The molecule has 1 N–H and O–H groups in total. The van der Waals surface area contributed by atoms with E-state index in [4.69, 9.17) is 16.1 Å². The van der Waals surface area contributed by atoms with E-state index in [0.29, 0.717) is 35.0 Å². The Morgan fingerprint density at radius 3 is 2.57 bits per heavy atom. The van der Waals surface area contributed by atoms with E-state index in [1.165, 1.54) is 6.07 Å². The molecule has 8 heteroatoms. The van der Waals surface area contributed by atoms with Crippen LogP contribution in [0.5, 0.6) is 0 Å². The van der Waals surface area contributed by atoms with Crippen molar-refractivity contribution in [3.05, 3.63) is 68.7 Å². The molecular formula is C20H19ClN4O3. The standard InChI is InChI=1S/C20H19ClN4O3/c1-12-10-17(28-24-12)16-11-18(26)22-23-19(16)13-6-8-25(9-7-13)20(27)14-2-4-15(21)5-3-14/h2-5,10-11,13H,6-9H2,1H3,(H,22,26). The van der Waals surface area contributed by atoms with Gasteiger partial charge in [-0.15, -0.1) is 0 Å². The van der Waals surface area contributed by atoms with E-state index >= 15 is 0 Å². The van der Waals surface area contributed by atoms with E-state index in [1.807, 2.05) is 11.8 Å². The highest BCUT2D eigenvalue weighted by atomic mass is 35.5. The summed E-state index contributed by atoms with van der Waals surface area (Å²) < 4.78 is 5.35. The first-order valence-electron chi connectivity index (χ1n) is 9.09. The number of H-pyrrole nitrogens is 1. The summed E-state index contributed by atoms with van der Waals surface area (Å²) in [6.07, 6.45) is 1.50. The van der Waals surface area contributed by atoms with Gasteiger partial charge in [-0.2, -0.15) is 5.10 Å². The Labute approximate surface area is 166 Å². The van der Waals surface area contributed by atoms with Crippen molar-refractivity contribution in [1.82, 2.24) is 20.3 Å². The van der Waals surface area contributed by atoms with Gasteiger partial charge in [0.15, 0.2) is 5.76 Å². The second kappa shape index (κ2) is 7.59. The summed E-state index contributed by atoms with van der Waals surface area (Å²) in [5, 5.41) is 11.3. The lowest BCUT2D eigenvalue weighted by Gasteiger charge is -2.32. The van der Waals surface area contributed by atoms with Crippen LogP contribution >= 0.6 is 11.6 Å². The molecule has 1 aromatic carbocycles. The van der Waals surface area contributed by atoms with Crippen LogP contribution in [0.3, 0.4) is 0 Å². The molecule has 3 heterocycles. The van der Waals surface area contributed by atoms with E-state index in [9.17, 15) is 9.59 Å². The van der Waals surface area contributed by atoms with Gasteiger partial charge in [-0.1, -0.05) is 16.8 Å². The predicted molar refractivity (Wildman–Crippen MR) is 104 cm³/mol. The zero-order chi connectivity index (χ0) is 19.7. The zero-order valence-corrected chi connectivity index (χ0v) is 16.1. The third-order valence-corrected chi connectivity index (χ3v) is 5.24. The Morgan fingerprint density at radius 2 is 1.93 bits per heavy atom. The number of hydrogen-bond acceptors (Lipinski definition) is 5. The summed E-state index contributed by atoms with van der Waals surface area (Å²) in [6.45, 7) is 3.05. The van der Waals surface area contributed by atoms with Gasteiger partial charge in [0.2, 0.25) is 0 Å². The van der Waals surface area contributed by atoms with E-state index < -0.39 is 0 Å². The Kier molecular flexibility index (Phi) is 5.00. The van der Waals surface area contributed by atoms with Crippen LogP contribution in [-0.4, -0.2) is 39.3 Å². The number of piperidine rings is 1. The topological polar surface area (TPSA) is 92.1 Å². The number of aromatic nitrogens is 3. The molecule has 1 aliphatic heterocycles. The Morgan fingerprint density at radius 1 is 1.21 bits per heavy atom. The summed E-state index contributed by atoms with van der Waals surface area (Å²) in [5.41, 5.74) is 2.51. The number of likely N-dealkylation sites (tertiary alicyclic amines) is 1. The minimum Gasteiger partial charge on any atom is -0.356 e. The first-order chi connectivity index (χ1) is 13.5. The maximum atomic E-state index is 12.7. The number of carbonyl (C=O) groups is 1. The van der Waals surface area contributed by atoms with E-state index in [1.54, 1.807) is 30.3 Å². The lowest BCUT2D eigenvalue weighted by molar-refractivity contribution is 0.0712. The molecule has 1 aliphatic rings. The van der Waals surface area contributed by atoms with Gasteiger partial charge < -0.3 is 9.42 Å². The van der Waals surface area contributed by atoms with Crippen LogP contribution in [-0.2, 0) is 0 Å². The van der Waals surface area contributed by atoms with Gasteiger partial charge in [0.1, 0.15) is 0 Å². The molecule has 0 bridgehead atoms. The molecule has 28 heavy (non-hydrogen) atoms. The third kappa shape index (κ3) is 3.71. The zero-order valence-electron chi connectivity index (χ0n) is 15.3. The van der Waals surface area contributed by atoms with Crippen LogP contribution in [0.25, 0.3) is 11.3 Å². The molecular weight excluding hydrogens is 380 g/mol. The van der Waals surface area contributed by atoms with Crippen molar-refractivity contribution in [3.8, 4) is 11.3 Å². The maximum Gasteiger partial charge on any atom is 0.264 e. The molecule has 1 saturated heterocycles. The highest BCUT2D eigenvalue weighted by Crippen LogP contribution is 2.33. The number of halogens is 1. The number of carbonyl (C=O) groups excluding carboxylic acids is 1. The molecule has 3 aromatic rings. The Bertz CT molecular complexity index is 1050. The fourth-order valence-corrected chi connectivity index (χ4v) is 3.67. The summed E-state index contributed by atoms with van der Waals surface area (Å²) >= 11 is 5.90. The van der Waals surface area contributed by atoms with Crippen molar-refractivity contribution in [3.63, 3.8) is 0 Å². The van der Waals surface area contributed by atoms with Gasteiger partial charge in [0, 0.05) is 47.3 Å². The number of nitrogens with one attached hydrogen (secondary N) is 1. The monoisotopic (exact) mass is 398 g/mol. The second-order valence-corrected chi connectivity index (χ2v) is 7.37. The Balaban J connectivity index is 1.52. The number of benzene rings is 1. The molecule has 0 radical (unpaired) electrons. The number of nitrogens with zero attached hydrogens (tertiary/aromatic N) is 3. The molecule has 1 amide bonds. The van der Waals surface area contributed by atoms with Crippen LogP contribution < -0.4 is 5.56 Å². The highest BCUT2D eigenvalue weighted by Gasteiger charge is 2.28. The van der Waals surface area contributed by atoms with Crippen LogP contribution in [0.2, 0.25) is 5.02 Å². The second-order valence-electron chi connectivity index (χ2n) is 6.94. The molecule has 0 atom stereocenters. The van der Waals surface area contributed by atoms with Gasteiger partial charge in [0.25, 0.3) is 11.5 Å². The number of hydrogen-bond donors (Lipinski definition) is 1. The molecule has 2 aromatic heterocycles. The molecule has 0 unspecified atom stereocenters. The van der Waals surface area contributed by atoms with Crippen LogP contribution in [0, 0.1) is 6.92 Å². The molecule has 0 spiro atoms. The normalized spacial score (nSPS) is 15.0. The van der Waals surface area contributed by atoms with Crippen molar-refractivity contribution >= 4 is 17.5 Å². The maximum absolute atomic E-state index is 12.7. The van der Waals surface area contributed by atoms with Gasteiger partial charge >= 0.3 is 0 Å². The summed E-state index contributed by atoms with van der Waals surface area (Å²) in [4.78, 5) is 26.3. The molecule has 0 aliphatic carbocycles. The molecule has 144 valence electrons. The fraction of sp³-hybridized carbons (Fsp3) is 0.300. The lowest BCUT2D eigenvalue weighted by atomic mass is 9.90. The average Bonchev–Trinajstić information content (AvgIpc) is 3.14. The van der Waals surface area contributed by atoms with E-state index in [2.05, 4.69) is 15.4 Å². The SMILES string of the molecule is Cc1cc(-c2cc(=O)[nH]nc2C2CCN(C(=O)c3ccc(Cl)cc3)CC2)on1. The number of rotatable bonds is 3. The van der Waals surface area contributed by atoms with Gasteiger partial charge in [-0.25, -0.2) is 5.10 Å². The van der Waals surface area contributed by atoms with Crippen LogP contribution in [0.4, 0.5) is 0 Å². The largest absolute Gasteiger partial charge is 0.356 e. The van der Waals surface area contributed by atoms with Crippen molar-refractivity contribution in [2.45, 2.75) is 25.7 Å². The first kappa shape index (κ1) is 18.4. The first-order valence-corrected chi connectivity index (χ1v) is 9.47. The predicted octanol–water partition coefficient (Wildman–Crippen LogP) is 3.41. The molecule has 7 nitrogen and oxygen atoms in total. The smallest absolute Gasteiger partial charge is 0.264 e. The number of aromatic amines is 1.